The SMILES string of the molecule is CCOC(=O)C(F)SCc1ccccc1Cl. The number of ether oxygens (including phenoxy) is 1. The molecule has 0 fully saturated rings. The highest BCUT2D eigenvalue weighted by Crippen LogP contribution is 2.24. The van der Waals surface area contributed by atoms with Crippen molar-refractivity contribution in [3.8, 4) is 0 Å². The molecule has 0 saturated carbocycles. The Balaban J connectivity index is 2.46. The Kier molecular flexibility index (Phi) is 5.63. The van der Waals surface area contributed by atoms with Gasteiger partial charge in [-0.1, -0.05) is 29.8 Å². The number of benzene rings is 1. The highest BCUT2D eigenvalue weighted by atomic mass is 35.5. The number of rotatable bonds is 5. The highest BCUT2D eigenvalue weighted by molar-refractivity contribution is 7.99. The van der Waals surface area contributed by atoms with Gasteiger partial charge < -0.3 is 4.74 Å². The van der Waals surface area contributed by atoms with Gasteiger partial charge >= 0.3 is 5.97 Å². The molecule has 0 saturated heterocycles. The summed E-state index contributed by atoms with van der Waals surface area (Å²) in [6.07, 6.45) is 0. The maximum Gasteiger partial charge on any atom is 0.351 e. The van der Waals surface area contributed by atoms with E-state index >= 15 is 0 Å². The average molecular weight is 263 g/mol. The standard InChI is InChI=1S/C11H12ClFO2S/c1-2-15-11(14)10(13)16-7-8-5-3-4-6-9(8)12/h3-6,10H,2,7H2,1H3. The summed E-state index contributed by atoms with van der Waals surface area (Å²) >= 11 is 6.76. The molecule has 2 nitrogen and oxygen atoms in total. The Morgan fingerprint density at radius 2 is 2.25 bits per heavy atom. The Hall–Kier alpha value is -0.740. The fraction of sp³-hybridized carbons (Fsp3) is 0.364. The molecule has 5 heteroatoms. The number of esters is 1. The summed E-state index contributed by atoms with van der Waals surface area (Å²) < 4.78 is 17.8. The minimum atomic E-state index is -1.66. The lowest BCUT2D eigenvalue weighted by atomic mass is 10.2. The molecule has 0 bridgehead atoms. The first kappa shape index (κ1) is 13.3. The summed E-state index contributed by atoms with van der Waals surface area (Å²) in [6, 6.07) is 7.15. The van der Waals surface area contributed by atoms with E-state index in [2.05, 4.69) is 4.74 Å². The van der Waals surface area contributed by atoms with Gasteiger partial charge in [0.1, 0.15) is 0 Å². The molecule has 0 N–H and O–H groups in total. The third-order valence-corrected chi connectivity index (χ3v) is 3.15. The van der Waals surface area contributed by atoms with Crippen LogP contribution in [0.25, 0.3) is 0 Å². The van der Waals surface area contributed by atoms with E-state index in [4.69, 9.17) is 11.6 Å². The summed E-state index contributed by atoms with van der Waals surface area (Å²) in [5, 5.41) is 0.575. The van der Waals surface area contributed by atoms with Crippen LogP contribution in [-0.4, -0.2) is 18.1 Å². The van der Waals surface area contributed by atoms with Crippen LogP contribution in [-0.2, 0) is 15.3 Å². The number of thioether (sulfide) groups is 1. The first-order chi connectivity index (χ1) is 7.65. The average Bonchev–Trinajstić information content (AvgIpc) is 2.28. The number of hydrogen-bond donors (Lipinski definition) is 0. The monoisotopic (exact) mass is 262 g/mol. The zero-order valence-corrected chi connectivity index (χ0v) is 10.4. The molecule has 1 unspecified atom stereocenters. The van der Waals surface area contributed by atoms with Crippen LogP contribution in [0.15, 0.2) is 24.3 Å². The Morgan fingerprint density at radius 1 is 1.56 bits per heavy atom. The molecule has 88 valence electrons. The van der Waals surface area contributed by atoms with E-state index in [-0.39, 0.29) is 6.61 Å². The van der Waals surface area contributed by atoms with E-state index < -0.39 is 11.5 Å². The van der Waals surface area contributed by atoms with Crippen LogP contribution < -0.4 is 0 Å². The first-order valence-electron chi connectivity index (χ1n) is 4.81. The normalized spacial score (nSPS) is 12.2. The third kappa shape index (κ3) is 4.02. The molecular formula is C11H12ClFO2S. The Bertz CT molecular complexity index is 360. The van der Waals surface area contributed by atoms with Crippen LogP contribution >= 0.6 is 23.4 Å². The van der Waals surface area contributed by atoms with E-state index in [0.29, 0.717) is 10.8 Å². The zero-order valence-electron chi connectivity index (χ0n) is 8.78. The van der Waals surface area contributed by atoms with Crippen molar-refractivity contribution in [3.63, 3.8) is 0 Å². The van der Waals surface area contributed by atoms with Gasteiger partial charge in [-0.05, 0) is 18.6 Å². The number of hydrogen-bond acceptors (Lipinski definition) is 3. The van der Waals surface area contributed by atoms with Crippen molar-refractivity contribution in [2.75, 3.05) is 6.61 Å². The van der Waals surface area contributed by atoms with Gasteiger partial charge in [0.25, 0.3) is 0 Å². The van der Waals surface area contributed by atoms with E-state index in [9.17, 15) is 9.18 Å². The molecule has 0 aliphatic carbocycles. The van der Waals surface area contributed by atoms with Crippen molar-refractivity contribution in [2.45, 2.75) is 18.2 Å². The number of halogens is 2. The van der Waals surface area contributed by atoms with Crippen molar-refractivity contribution < 1.29 is 13.9 Å². The molecule has 1 aromatic rings. The molecular weight excluding hydrogens is 251 g/mol. The van der Waals surface area contributed by atoms with Gasteiger partial charge in [-0.3, -0.25) is 0 Å². The van der Waals surface area contributed by atoms with Crippen LogP contribution in [0.3, 0.4) is 0 Å². The predicted molar refractivity (Wildman–Crippen MR) is 64.3 cm³/mol. The van der Waals surface area contributed by atoms with Gasteiger partial charge in [-0.2, -0.15) is 0 Å². The quantitative estimate of drug-likeness (QED) is 0.761. The van der Waals surface area contributed by atoms with Gasteiger partial charge in [0, 0.05) is 10.8 Å². The second-order valence-electron chi connectivity index (χ2n) is 2.97. The molecule has 1 rings (SSSR count). The van der Waals surface area contributed by atoms with E-state index in [1.165, 1.54) is 0 Å². The molecule has 16 heavy (non-hydrogen) atoms. The maximum absolute atomic E-state index is 13.2. The van der Waals surface area contributed by atoms with E-state index in [1.807, 2.05) is 6.07 Å². The molecule has 0 amide bonds. The van der Waals surface area contributed by atoms with Crippen molar-refractivity contribution in [2.24, 2.45) is 0 Å². The van der Waals surface area contributed by atoms with Crippen LogP contribution in [0, 0.1) is 0 Å². The summed E-state index contributed by atoms with van der Waals surface area (Å²) in [5.41, 5.74) is -0.850. The van der Waals surface area contributed by atoms with Crippen molar-refractivity contribution in [3.05, 3.63) is 34.9 Å². The van der Waals surface area contributed by atoms with Crippen molar-refractivity contribution >= 4 is 29.3 Å². The fourth-order valence-corrected chi connectivity index (χ4v) is 2.12. The molecule has 0 spiro atoms. The number of carbonyl (C=O) groups excluding carboxylic acids is 1. The molecule has 0 aromatic heterocycles. The Morgan fingerprint density at radius 3 is 2.88 bits per heavy atom. The summed E-state index contributed by atoms with van der Waals surface area (Å²) in [7, 11) is 0. The summed E-state index contributed by atoms with van der Waals surface area (Å²) in [6.45, 7) is 1.83. The minimum Gasteiger partial charge on any atom is -0.463 e. The van der Waals surface area contributed by atoms with Gasteiger partial charge in [-0.25, -0.2) is 9.18 Å². The zero-order chi connectivity index (χ0) is 12.0. The third-order valence-electron chi connectivity index (χ3n) is 1.81. The summed E-state index contributed by atoms with van der Waals surface area (Å²) in [4.78, 5) is 11.0. The van der Waals surface area contributed by atoms with Gasteiger partial charge in [0.05, 0.1) is 6.61 Å². The number of alkyl halides is 1. The molecule has 1 aromatic carbocycles. The lowest BCUT2D eigenvalue weighted by Gasteiger charge is -2.07. The van der Waals surface area contributed by atoms with E-state index in [0.717, 1.165) is 17.3 Å². The van der Waals surface area contributed by atoms with Crippen LogP contribution in [0.1, 0.15) is 12.5 Å². The van der Waals surface area contributed by atoms with Gasteiger partial charge in [0.15, 0.2) is 0 Å². The maximum atomic E-state index is 13.2. The lowest BCUT2D eigenvalue weighted by Crippen LogP contribution is -2.15. The lowest BCUT2D eigenvalue weighted by molar-refractivity contribution is -0.145. The minimum absolute atomic E-state index is 0.186. The van der Waals surface area contributed by atoms with Gasteiger partial charge in [-0.15, -0.1) is 11.8 Å². The first-order valence-corrected chi connectivity index (χ1v) is 6.23. The second-order valence-corrected chi connectivity index (χ2v) is 4.41. The predicted octanol–water partition coefficient (Wildman–Crippen LogP) is 3.43. The van der Waals surface area contributed by atoms with Crippen molar-refractivity contribution in [1.29, 1.82) is 0 Å². The molecule has 1 atom stereocenters. The molecule has 0 radical (unpaired) electrons. The van der Waals surface area contributed by atoms with Crippen LogP contribution in [0.5, 0.6) is 0 Å². The molecule has 0 heterocycles. The largest absolute Gasteiger partial charge is 0.463 e. The molecule has 0 aliphatic rings. The van der Waals surface area contributed by atoms with Crippen LogP contribution in [0.4, 0.5) is 4.39 Å². The molecule has 0 aliphatic heterocycles. The van der Waals surface area contributed by atoms with E-state index in [1.54, 1.807) is 25.1 Å². The Labute approximate surface area is 103 Å². The van der Waals surface area contributed by atoms with Gasteiger partial charge in [0.2, 0.25) is 5.50 Å². The number of carbonyl (C=O) groups is 1. The second kappa shape index (κ2) is 6.76. The fourth-order valence-electron chi connectivity index (χ4n) is 1.05. The highest BCUT2D eigenvalue weighted by Gasteiger charge is 2.19. The van der Waals surface area contributed by atoms with Crippen LogP contribution in [0.2, 0.25) is 5.02 Å². The van der Waals surface area contributed by atoms with Crippen molar-refractivity contribution in [1.82, 2.24) is 0 Å². The topological polar surface area (TPSA) is 26.3 Å². The smallest absolute Gasteiger partial charge is 0.351 e. The summed E-state index contributed by atoms with van der Waals surface area (Å²) in [5.74, 6) is -0.487.